The van der Waals surface area contributed by atoms with Crippen LogP contribution < -0.4 is 0 Å². The van der Waals surface area contributed by atoms with Crippen molar-refractivity contribution in [1.29, 1.82) is 0 Å². The summed E-state index contributed by atoms with van der Waals surface area (Å²) in [6.07, 6.45) is 0.911. The Balaban J connectivity index is 1.76. The molecule has 5 rings (SSSR count). The molecule has 0 saturated carbocycles. The van der Waals surface area contributed by atoms with Gasteiger partial charge in [-0.25, -0.2) is 0 Å². The van der Waals surface area contributed by atoms with Crippen molar-refractivity contribution in [2.75, 3.05) is 7.05 Å². The molecule has 0 fully saturated rings. The lowest BCUT2D eigenvalue weighted by Crippen LogP contribution is -2.11. The fourth-order valence-electron chi connectivity index (χ4n) is 3.92. The van der Waals surface area contributed by atoms with Crippen LogP contribution in [0, 0.1) is 6.92 Å². The average molecular weight is 312 g/mol. The monoisotopic (exact) mass is 312 g/mol. The standard InChI is InChI=1S/C22H18NO/c1-14-7-3-4-8-15(14)20-13-18-19(23(20)2)12-11-17-16-9-5-6-10-21(16)24-22(17)18/h3-12H,13H2,1-2H3/q+1. The van der Waals surface area contributed by atoms with E-state index in [1.54, 1.807) is 0 Å². The van der Waals surface area contributed by atoms with E-state index in [0.29, 0.717) is 0 Å². The highest BCUT2D eigenvalue weighted by atomic mass is 16.3. The minimum Gasteiger partial charge on any atom is -0.455 e. The van der Waals surface area contributed by atoms with E-state index < -0.39 is 0 Å². The topological polar surface area (TPSA) is 16.1 Å². The predicted molar refractivity (Wildman–Crippen MR) is 98.6 cm³/mol. The van der Waals surface area contributed by atoms with Crippen LogP contribution in [0.4, 0.5) is 5.69 Å². The van der Waals surface area contributed by atoms with Crippen LogP contribution in [0.3, 0.4) is 0 Å². The van der Waals surface area contributed by atoms with Crippen molar-refractivity contribution in [3.05, 3.63) is 77.4 Å². The van der Waals surface area contributed by atoms with Gasteiger partial charge in [0, 0.05) is 22.4 Å². The van der Waals surface area contributed by atoms with E-state index in [9.17, 15) is 0 Å². The summed E-state index contributed by atoms with van der Waals surface area (Å²) >= 11 is 0. The lowest BCUT2D eigenvalue weighted by molar-refractivity contribution is -0.401. The van der Waals surface area contributed by atoms with Crippen molar-refractivity contribution < 1.29 is 8.99 Å². The van der Waals surface area contributed by atoms with Crippen LogP contribution in [0.5, 0.6) is 0 Å². The Morgan fingerprint density at radius 2 is 1.67 bits per heavy atom. The third kappa shape index (κ3) is 1.74. The number of hydrogen-bond donors (Lipinski definition) is 0. The summed E-state index contributed by atoms with van der Waals surface area (Å²) < 4.78 is 8.53. The molecule has 0 aliphatic carbocycles. The molecule has 0 amide bonds. The molecule has 2 nitrogen and oxygen atoms in total. The first-order valence-corrected chi connectivity index (χ1v) is 8.33. The van der Waals surface area contributed by atoms with Gasteiger partial charge in [0.15, 0.2) is 5.71 Å². The second-order valence-electron chi connectivity index (χ2n) is 6.54. The molecular formula is C22H18NO+. The van der Waals surface area contributed by atoms with Gasteiger partial charge in [0.2, 0.25) is 5.69 Å². The van der Waals surface area contributed by atoms with Crippen molar-refractivity contribution in [1.82, 2.24) is 0 Å². The minimum atomic E-state index is 0.911. The largest absolute Gasteiger partial charge is 0.455 e. The fraction of sp³-hybridized carbons (Fsp3) is 0.136. The third-order valence-corrected chi connectivity index (χ3v) is 5.19. The molecule has 4 aromatic rings. The SMILES string of the molecule is Cc1ccccc1C1=[N+](C)c2ccc3c(oc4ccccc43)c2C1. The molecule has 1 aliphatic heterocycles. The van der Waals surface area contributed by atoms with Crippen molar-refractivity contribution >= 4 is 33.3 Å². The number of nitrogens with zero attached hydrogens (tertiary/aromatic N) is 1. The molecule has 2 heteroatoms. The molecule has 0 spiro atoms. The van der Waals surface area contributed by atoms with Crippen LogP contribution in [0.25, 0.3) is 21.9 Å². The second kappa shape index (κ2) is 4.81. The number of aryl methyl sites for hydroxylation is 1. The summed E-state index contributed by atoms with van der Waals surface area (Å²) in [4.78, 5) is 0. The van der Waals surface area contributed by atoms with Gasteiger partial charge in [-0.15, -0.1) is 0 Å². The van der Waals surface area contributed by atoms with Crippen LogP contribution in [0.1, 0.15) is 16.7 Å². The van der Waals surface area contributed by atoms with Crippen LogP contribution >= 0.6 is 0 Å². The van der Waals surface area contributed by atoms with Gasteiger partial charge in [-0.1, -0.05) is 36.4 Å². The van der Waals surface area contributed by atoms with Gasteiger partial charge in [0.1, 0.15) is 18.2 Å². The molecule has 24 heavy (non-hydrogen) atoms. The molecule has 0 N–H and O–H groups in total. The molecular weight excluding hydrogens is 294 g/mol. The number of para-hydroxylation sites is 1. The smallest absolute Gasteiger partial charge is 0.212 e. The quantitative estimate of drug-likeness (QED) is 0.440. The van der Waals surface area contributed by atoms with E-state index in [-0.39, 0.29) is 0 Å². The Bertz CT molecular complexity index is 1150. The van der Waals surface area contributed by atoms with Crippen LogP contribution in [0.2, 0.25) is 0 Å². The number of furan rings is 1. The molecule has 0 unspecified atom stereocenters. The van der Waals surface area contributed by atoms with E-state index in [1.165, 1.54) is 38.9 Å². The Morgan fingerprint density at radius 3 is 2.54 bits per heavy atom. The van der Waals surface area contributed by atoms with Gasteiger partial charge in [0.25, 0.3) is 0 Å². The molecule has 3 aromatic carbocycles. The first-order valence-electron chi connectivity index (χ1n) is 8.33. The number of rotatable bonds is 1. The highest BCUT2D eigenvalue weighted by Gasteiger charge is 2.32. The first kappa shape index (κ1) is 13.6. The lowest BCUT2D eigenvalue weighted by Gasteiger charge is -2.02. The number of benzene rings is 3. The summed E-state index contributed by atoms with van der Waals surface area (Å²) in [7, 11) is 2.15. The van der Waals surface area contributed by atoms with Crippen LogP contribution in [-0.2, 0) is 6.42 Å². The summed E-state index contributed by atoms with van der Waals surface area (Å²) in [5, 5.41) is 2.41. The number of hydrogen-bond acceptors (Lipinski definition) is 1. The van der Waals surface area contributed by atoms with Gasteiger partial charge in [-0.05, 0) is 30.7 Å². The maximum atomic E-state index is 6.22. The summed E-state index contributed by atoms with van der Waals surface area (Å²) in [5.41, 5.74) is 8.52. The molecule has 1 aliphatic rings. The molecule has 0 bridgehead atoms. The van der Waals surface area contributed by atoms with Crippen molar-refractivity contribution in [3.63, 3.8) is 0 Å². The zero-order valence-electron chi connectivity index (χ0n) is 13.8. The zero-order valence-corrected chi connectivity index (χ0v) is 13.8. The average Bonchev–Trinajstić information content (AvgIpc) is 3.14. The second-order valence-corrected chi connectivity index (χ2v) is 6.54. The third-order valence-electron chi connectivity index (χ3n) is 5.19. The molecule has 0 saturated heterocycles. The van der Waals surface area contributed by atoms with Crippen molar-refractivity contribution in [2.24, 2.45) is 0 Å². The van der Waals surface area contributed by atoms with Gasteiger partial charge >= 0.3 is 0 Å². The molecule has 116 valence electrons. The predicted octanol–water partition coefficient (Wildman–Crippen LogP) is 5.21. The summed E-state index contributed by atoms with van der Waals surface area (Å²) in [6, 6.07) is 21.3. The van der Waals surface area contributed by atoms with Gasteiger partial charge in [0.05, 0.1) is 12.0 Å². The normalized spacial score (nSPS) is 13.9. The Hall–Kier alpha value is -2.87. The van der Waals surface area contributed by atoms with Gasteiger partial charge in [-0.3, -0.25) is 0 Å². The lowest BCUT2D eigenvalue weighted by atomic mass is 9.99. The van der Waals surface area contributed by atoms with Crippen LogP contribution in [0.15, 0.2) is 65.1 Å². The highest BCUT2D eigenvalue weighted by molar-refractivity contribution is 6.10. The fourth-order valence-corrected chi connectivity index (χ4v) is 3.92. The van der Waals surface area contributed by atoms with E-state index in [0.717, 1.165) is 17.6 Å². The molecule has 0 radical (unpaired) electrons. The first-order chi connectivity index (χ1) is 11.7. The van der Waals surface area contributed by atoms with Crippen molar-refractivity contribution in [3.8, 4) is 0 Å². The summed E-state index contributed by atoms with van der Waals surface area (Å²) in [5.74, 6) is 0. The van der Waals surface area contributed by atoms with Crippen molar-refractivity contribution in [2.45, 2.75) is 13.3 Å². The molecule has 2 heterocycles. The van der Waals surface area contributed by atoms with Gasteiger partial charge < -0.3 is 4.42 Å². The molecule has 1 aromatic heterocycles. The summed E-state index contributed by atoms with van der Waals surface area (Å²) in [6.45, 7) is 2.18. The van der Waals surface area contributed by atoms with E-state index in [4.69, 9.17) is 4.42 Å². The van der Waals surface area contributed by atoms with E-state index >= 15 is 0 Å². The number of fused-ring (bicyclic) bond motifs is 5. The Kier molecular flexibility index (Phi) is 2.72. The van der Waals surface area contributed by atoms with E-state index in [1.807, 2.05) is 12.1 Å². The maximum absolute atomic E-state index is 6.22. The Labute approximate surface area is 140 Å². The molecule has 0 atom stereocenters. The zero-order chi connectivity index (χ0) is 16.3. The Morgan fingerprint density at radius 1 is 0.875 bits per heavy atom. The maximum Gasteiger partial charge on any atom is 0.212 e. The minimum absolute atomic E-state index is 0.911. The van der Waals surface area contributed by atoms with Gasteiger partial charge in [-0.2, -0.15) is 4.58 Å². The van der Waals surface area contributed by atoms with Crippen LogP contribution in [-0.4, -0.2) is 17.3 Å². The highest BCUT2D eigenvalue weighted by Crippen LogP contribution is 2.38. The van der Waals surface area contributed by atoms with E-state index in [2.05, 4.69) is 67.1 Å².